The lowest BCUT2D eigenvalue weighted by atomic mass is 9.39. The van der Waals surface area contributed by atoms with Crippen LogP contribution in [0.2, 0.25) is 0 Å². The van der Waals surface area contributed by atoms with E-state index in [1.165, 1.54) is 12.5 Å². The van der Waals surface area contributed by atoms with E-state index >= 15 is 0 Å². The van der Waals surface area contributed by atoms with Gasteiger partial charge in [0, 0.05) is 5.41 Å². The van der Waals surface area contributed by atoms with Crippen LogP contribution >= 0.6 is 0 Å². The van der Waals surface area contributed by atoms with E-state index in [0.717, 1.165) is 38.5 Å². The first-order chi connectivity index (χ1) is 39.3. The van der Waals surface area contributed by atoms with Crippen LogP contribution in [-0.4, -0.2) is 267 Å². The summed E-state index contributed by atoms with van der Waals surface area (Å²) >= 11 is 0. The third-order valence-corrected chi connectivity index (χ3v) is 22.7. The van der Waals surface area contributed by atoms with Crippen molar-refractivity contribution in [3.8, 4) is 0 Å². The van der Waals surface area contributed by atoms with Crippen molar-refractivity contribution in [2.24, 2.45) is 51.2 Å². The van der Waals surface area contributed by atoms with Gasteiger partial charge >= 0.3 is 0 Å². The van der Waals surface area contributed by atoms with Gasteiger partial charge in [-0.1, -0.05) is 53.2 Å². The van der Waals surface area contributed by atoms with Crippen molar-refractivity contribution in [2.75, 3.05) is 26.4 Å². The molecule has 0 radical (unpaired) electrons. The van der Waals surface area contributed by atoms with Gasteiger partial charge in [0.05, 0.1) is 68.5 Å². The van der Waals surface area contributed by atoms with Crippen LogP contribution in [0.15, 0.2) is 11.6 Å². The molecule has 33 atom stereocenters. The van der Waals surface area contributed by atoms with Crippen molar-refractivity contribution < 1.29 is 124 Å². The van der Waals surface area contributed by atoms with Crippen molar-refractivity contribution >= 4 is 0 Å². The molecule has 3 saturated carbocycles. The molecule has 5 aliphatic heterocycles. The topological polar surface area (TPSA) is 407 Å². The largest absolute Gasteiger partial charge is 0.394 e. The lowest BCUT2D eigenvalue weighted by Gasteiger charge is -2.66. The number of hydrogen-bond donors (Lipinski definition) is 16. The number of hydrogen-bond acceptors (Lipinski definition) is 25. The van der Waals surface area contributed by atoms with Gasteiger partial charge in [0.15, 0.2) is 25.2 Å². The first-order valence-electron chi connectivity index (χ1n) is 30.6. The minimum absolute atomic E-state index is 0.0656. The molecule has 5 saturated heterocycles. The summed E-state index contributed by atoms with van der Waals surface area (Å²) in [5.74, 6) is -0.416. The molecule has 0 aromatic heterocycles. The molecule has 0 spiro atoms. The van der Waals surface area contributed by atoms with Crippen molar-refractivity contribution in [3.05, 3.63) is 11.6 Å². The maximum absolute atomic E-state index is 12.0. The first-order valence-corrected chi connectivity index (χ1v) is 30.6. The fraction of sp³-hybridized carbons (Fsp3) is 0.966. The zero-order chi connectivity index (χ0) is 61.7. The molecule has 16 N–H and O–H groups in total. The van der Waals surface area contributed by atoms with E-state index in [-0.39, 0.29) is 34.7 Å². The van der Waals surface area contributed by atoms with Crippen molar-refractivity contribution in [1.29, 1.82) is 0 Å². The molecular weight excluding hydrogens is 1110 g/mol. The summed E-state index contributed by atoms with van der Waals surface area (Å²) in [4.78, 5) is 0. The smallest absolute Gasteiger partial charge is 0.187 e. The van der Waals surface area contributed by atoms with Gasteiger partial charge in [0.25, 0.3) is 0 Å². The Morgan fingerprint density at radius 1 is 0.607 bits per heavy atom. The van der Waals surface area contributed by atoms with Crippen LogP contribution < -0.4 is 0 Å². The number of rotatable bonds is 17. The monoisotopic (exact) mass is 1210 g/mol. The Morgan fingerprint density at radius 3 is 1.87 bits per heavy atom. The Hall–Kier alpha value is -1.26. The highest BCUT2D eigenvalue weighted by Crippen LogP contribution is 2.75. The minimum Gasteiger partial charge on any atom is -0.394 e. The van der Waals surface area contributed by atoms with Gasteiger partial charge in [-0.15, -0.1) is 0 Å². The number of fused-ring (bicyclic) bond motifs is 5. The molecule has 4 unspecified atom stereocenters. The third kappa shape index (κ3) is 11.9. The van der Waals surface area contributed by atoms with Crippen LogP contribution in [0.25, 0.3) is 0 Å². The van der Waals surface area contributed by atoms with E-state index in [9.17, 15) is 81.7 Å². The number of aliphatic hydroxyl groups excluding tert-OH is 15. The highest BCUT2D eigenvalue weighted by molar-refractivity contribution is 5.30. The van der Waals surface area contributed by atoms with E-state index in [1.807, 2.05) is 0 Å². The van der Waals surface area contributed by atoms with E-state index in [2.05, 4.69) is 47.6 Å². The van der Waals surface area contributed by atoms with E-state index < -0.39 is 190 Å². The molecule has 25 nitrogen and oxygen atoms in total. The quantitative estimate of drug-likeness (QED) is 0.0673. The van der Waals surface area contributed by atoms with E-state index in [0.29, 0.717) is 31.1 Å². The van der Waals surface area contributed by atoms with Crippen LogP contribution in [0.1, 0.15) is 120 Å². The second kappa shape index (κ2) is 25.4. The number of aliphatic hydroxyl groups is 16. The molecule has 4 aliphatic carbocycles. The van der Waals surface area contributed by atoms with Crippen LogP contribution in [0, 0.1) is 51.2 Å². The average molecular weight is 1210 g/mol. The van der Waals surface area contributed by atoms with Gasteiger partial charge < -0.3 is 124 Å². The predicted molar refractivity (Wildman–Crippen MR) is 290 cm³/mol. The fourth-order valence-electron chi connectivity index (χ4n) is 17.1. The van der Waals surface area contributed by atoms with Crippen molar-refractivity contribution in [1.82, 2.24) is 0 Å². The molecule has 0 bridgehead atoms. The molecule has 9 rings (SSSR count). The molecule has 486 valence electrons. The highest BCUT2D eigenvalue weighted by atomic mass is 16.8. The van der Waals surface area contributed by atoms with Gasteiger partial charge in [0.2, 0.25) is 0 Å². The molecule has 9 aliphatic rings. The molecule has 25 heteroatoms. The Balaban J connectivity index is 0.896. The second-order valence-corrected chi connectivity index (χ2v) is 28.2. The summed E-state index contributed by atoms with van der Waals surface area (Å²) in [6.07, 6.45) is -27.5. The van der Waals surface area contributed by atoms with Gasteiger partial charge in [-0.2, -0.15) is 0 Å². The van der Waals surface area contributed by atoms with Gasteiger partial charge in [-0.05, 0) is 118 Å². The fourth-order valence-corrected chi connectivity index (χ4v) is 17.1. The SMILES string of the molecule is C[C@H](CC[C@@H](O[C@@H]1OC[C@@H](O)[C@H](O)[C@H]1O[C@H]1O[C@@H](CO)[C@H](O)[C@@H](O)[C@@H]1O)C(C)(C)O)C1CC[C@@]2(C)C3CC=C4C(CC[C@H](O[C@@H]5O[C@H](CO[C@@H]6O[C@H](C)[C@@H](O)[C@H](O)[C@H]6O)[C@@H](O)[C@H](O)[C@H]5C5O[C@@H](CO)[C@H](O)[C@@H](O)[C@@H]5O)C4(C)C)[C@]3(C)CC[C@]12C. The predicted octanol–water partition coefficient (Wildman–Crippen LogP) is -2.44. The number of ether oxygens (including phenoxy) is 9. The van der Waals surface area contributed by atoms with Crippen molar-refractivity contribution in [2.45, 2.75) is 279 Å². The molecule has 5 heterocycles. The zero-order valence-electron chi connectivity index (χ0n) is 49.9. The van der Waals surface area contributed by atoms with Gasteiger partial charge in [-0.25, -0.2) is 0 Å². The summed E-state index contributed by atoms with van der Waals surface area (Å²) in [6.45, 7) is 16.3. The summed E-state index contributed by atoms with van der Waals surface area (Å²) < 4.78 is 54.7. The molecule has 0 amide bonds. The lowest BCUT2D eigenvalue weighted by molar-refractivity contribution is -0.364. The summed E-state index contributed by atoms with van der Waals surface area (Å²) in [5.41, 5.74) is -1.07. The maximum atomic E-state index is 12.0. The van der Waals surface area contributed by atoms with Crippen LogP contribution in [0.3, 0.4) is 0 Å². The van der Waals surface area contributed by atoms with Crippen LogP contribution in [0.4, 0.5) is 0 Å². The lowest BCUT2D eigenvalue weighted by Crippen LogP contribution is -2.68. The molecular formula is C59H100O25. The molecule has 0 aromatic carbocycles. The van der Waals surface area contributed by atoms with Crippen LogP contribution in [-0.2, 0) is 42.6 Å². The second-order valence-electron chi connectivity index (χ2n) is 28.2. The minimum atomic E-state index is -1.81. The summed E-state index contributed by atoms with van der Waals surface area (Å²) in [5, 5.41) is 173. The molecule has 8 fully saturated rings. The van der Waals surface area contributed by atoms with E-state index in [4.69, 9.17) is 42.6 Å². The van der Waals surface area contributed by atoms with Gasteiger partial charge in [-0.3, -0.25) is 0 Å². The maximum Gasteiger partial charge on any atom is 0.187 e. The average Bonchev–Trinajstić information content (AvgIpc) is 1.48. The Kier molecular flexibility index (Phi) is 20.3. The Labute approximate surface area is 491 Å². The standard InChI is InChI=1S/C59H100O25/c1-24(10-14-35(56(5,6)75)83-54-50(38(64)29(62)22-76-54)84-53-48(74)45(71)40(66)31(21-61)80-53)26-16-17-59(9)33-13-11-27-28(57(33,7)18-19-58(26,59)8)12-15-34(55(27,3)4)82-51-36(49-46(72)44(70)39(65)30(20-60)79-49)42(68)41(67)32(81-51)23-77-52-47(73)43(69)37(63)25(2)78-52/h11,24-26,28-54,60-75H,10,12-23H2,1-9H3/t24-,25-,26?,28?,29-,30+,31+,32-,33?,34+,35-,36+,37-,38+,39+,40+,41-,42-,43+,44-,45-,46+,47-,48+,49?,50-,51+,52-,53-,54+,57+,58-,59+/m1/s1. The first kappa shape index (κ1) is 67.1. The van der Waals surface area contributed by atoms with E-state index in [1.54, 1.807) is 13.8 Å². The van der Waals surface area contributed by atoms with Gasteiger partial charge in [0.1, 0.15) is 97.7 Å². The third-order valence-electron chi connectivity index (χ3n) is 22.7. The zero-order valence-corrected chi connectivity index (χ0v) is 49.9. The highest BCUT2D eigenvalue weighted by Gasteiger charge is 2.68. The van der Waals surface area contributed by atoms with Crippen LogP contribution in [0.5, 0.6) is 0 Å². The molecule has 84 heavy (non-hydrogen) atoms. The Bertz CT molecular complexity index is 2220. The van der Waals surface area contributed by atoms with Crippen molar-refractivity contribution in [3.63, 3.8) is 0 Å². The summed E-state index contributed by atoms with van der Waals surface area (Å²) in [7, 11) is 0. The Morgan fingerprint density at radius 2 is 1.21 bits per heavy atom. The summed E-state index contributed by atoms with van der Waals surface area (Å²) in [6, 6.07) is 0. The number of allylic oxidation sites excluding steroid dienone is 1. The normalized spacial score (nSPS) is 52.4. The molecule has 0 aromatic rings.